The highest BCUT2D eigenvalue weighted by Crippen LogP contribution is 2.22. The van der Waals surface area contributed by atoms with Crippen LogP contribution in [0.4, 0.5) is 10.1 Å². The minimum Gasteiger partial charge on any atom is -0.494 e. The summed E-state index contributed by atoms with van der Waals surface area (Å²) < 4.78 is 19.3. The highest BCUT2D eigenvalue weighted by Gasteiger charge is 2.28. The van der Waals surface area contributed by atoms with Gasteiger partial charge in [0.15, 0.2) is 17.9 Å². The van der Waals surface area contributed by atoms with E-state index in [1.807, 2.05) is 11.9 Å². The molecule has 4 rings (SSSR count). The molecule has 1 atom stereocenters. The van der Waals surface area contributed by atoms with E-state index in [1.54, 1.807) is 12.1 Å². The average Bonchev–Trinajstić information content (AvgIpc) is 3.07. The normalized spacial score (nSPS) is 23.5. The molecule has 8 nitrogen and oxygen atoms in total. The molecule has 2 heterocycles. The number of likely N-dealkylation sites (tertiary alicyclic amines) is 1. The first-order valence-corrected chi connectivity index (χ1v) is 12.2. The molecule has 1 saturated carbocycles. The zero-order valence-electron chi connectivity index (χ0n) is 20.1. The molecule has 3 aliphatic rings. The maximum absolute atomic E-state index is 14.3. The van der Waals surface area contributed by atoms with Crippen molar-refractivity contribution >= 4 is 17.6 Å². The third-order valence-electron chi connectivity index (χ3n) is 6.86. The molecule has 182 valence electrons. The molecular formula is C24H38FN7O. The highest BCUT2D eigenvalue weighted by molar-refractivity contribution is 6.03. The van der Waals surface area contributed by atoms with Crippen LogP contribution in [0.25, 0.3) is 0 Å². The SMILES string of the molecule is COc1ccc(NC2=NC(NC3CCCCCC3)=NC(NC3CCN(C)CC3)N2C)cc1F. The van der Waals surface area contributed by atoms with Crippen LogP contribution in [0.1, 0.15) is 51.4 Å². The first kappa shape index (κ1) is 23.8. The van der Waals surface area contributed by atoms with E-state index < -0.39 is 5.82 Å². The molecule has 3 N–H and O–H groups in total. The first-order valence-electron chi connectivity index (χ1n) is 12.2. The van der Waals surface area contributed by atoms with Crippen LogP contribution in [0.5, 0.6) is 5.75 Å². The van der Waals surface area contributed by atoms with Crippen molar-refractivity contribution in [2.75, 3.05) is 39.6 Å². The standard InChI is InChI=1S/C24H38FN7O/c1-31-14-12-18(13-15-31)27-23-29-22(26-17-8-6-4-5-7-9-17)30-24(32(23)2)28-19-10-11-21(33-3)20(25)16-19/h10-11,16-18,23,27H,4-9,12-15H2,1-3H3,(H2,26,28,29,30). The Morgan fingerprint density at radius 3 is 2.39 bits per heavy atom. The number of anilines is 1. The molecule has 1 aromatic rings. The Balaban J connectivity index is 1.51. The number of nitrogens with zero attached hydrogens (tertiary/aromatic N) is 4. The number of methoxy groups -OCH3 is 1. The fourth-order valence-corrected chi connectivity index (χ4v) is 4.73. The fraction of sp³-hybridized carbons (Fsp3) is 0.667. The topological polar surface area (TPSA) is 76.5 Å². The number of rotatable bonds is 5. The van der Waals surface area contributed by atoms with Gasteiger partial charge in [-0.05, 0) is 58.0 Å². The van der Waals surface area contributed by atoms with Crippen LogP contribution >= 0.6 is 0 Å². The molecule has 0 amide bonds. The third kappa shape index (κ3) is 6.35. The Kier molecular flexibility index (Phi) is 8.03. The van der Waals surface area contributed by atoms with Crippen LogP contribution in [0.2, 0.25) is 0 Å². The Labute approximate surface area is 196 Å². The molecule has 1 saturated heterocycles. The van der Waals surface area contributed by atoms with E-state index in [0.717, 1.165) is 38.8 Å². The average molecular weight is 460 g/mol. The quantitative estimate of drug-likeness (QED) is 0.587. The van der Waals surface area contributed by atoms with Gasteiger partial charge in [0.05, 0.1) is 7.11 Å². The number of ether oxygens (including phenoxy) is 1. The van der Waals surface area contributed by atoms with Crippen molar-refractivity contribution in [1.82, 2.24) is 20.4 Å². The minimum atomic E-state index is -0.409. The number of hydrogen-bond acceptors (Lipinski definition) is 8. The number of guanidine groups is 2. The zero-order chi connectivity index (χ0) is 23.2. The maximum Gasteiger partial charge on any atom is 0.224 e. The lowest BCUT2D eigenvalue weighted by Gasteiger charge is -2.37. The van der Waals surface area contributed by atoms with Gasteiger partial charge in [0, 0.05) is 30.9 Å². The first-order chi connectivity index (χ1) is 16.0. The molecule has 33 heavy (non-hydrogen) atoms. The molecule has 1 aliphatic carbocycles. The van der Waals surface area contributed by atoms with Crippen molar-refractivity contribution < 1.29 is 9.13 Å². The van der Waals surface area contributed by atoms with E-state index in [2.05, 4.69) is 27.9 Å². The van der Waals surface area contributed by atoms with Crippen LogP contribution in [0.3, 0.4) is 0 Å². The Hall–Kier alpha value is -2.39. The lowest BCUT2D eigenvalue weighted by atomic mass is 10.1. The molecule has 2 fully saturated rings. The maximum atomic E-state index is 14.3. The van der Waals surface area contributed by atoms with Gasteiger partial charge in [-0.1, -0.05) is 25.7 Å². The van der Waals surface area contributed by atoms with Gasteiger partial charge in [-0.3, -0.25) is 5.32 Å². The minimum absolute atomic E-state index is 0.221. The Morgan fingerprint density at radius 2 is 1.73 bits per heavy atom. The van der Waals surface area contributed by atoms with Crippen LogP contribution in [-0.2, 0) is 0 Å². The van der Waals surface area contributed by atoms with Crippen molar-refractivity contribution in [3.8, 4) is 5.75 Å². The van der Waals surface area contributed by atoms with Crippen molar-refractivity contribution in [3.05, 3.63) is 24.0 Å². The summed E-state index contributed by atoms with van der Waals surface area (Å²) in [5.41, 5.74) is 0.618. The Morgan fingerprint density at radius 1 is 1.00 bits per heavy atom. The van der Waals surface area contributed by atoms with Crippen LogP contribution in [0, 0.1) is 5.82 Å². The predicted octanol–water partition coefficient (Wildman–Crippen LogP) is 3.18. The summed E-state index contributed by atoms with van der Waals surface area (Å²) in [4.78, 5) is 14.0. The molecule has 0 radical (unpaired) electrons. The van der Waals surface area contributed by atoms with E-state index in [9.17, 15) is 4.39 Å². The summed E-state index contributed by atoms with van der Waals surface area (Å²) in [7, 11) is 5.59. The molecule has 1 unspecified atom stereocenters. The van der Waals surface area contributed by atoms with Crippen molar-refractivity contribution in [3.63, 3.8) is 0 Å². The number of nitrogens with one attached hydrogen (secondary N) is 3. The van der Waals surface area contributed by atoms with Gasteiger partial charge in [0.1, 0.15) is 0 Å². The number of benzene rings is 1. The van der Waals surface area contributed by atoms with E-state index in [4.69, 9.17) is 14.7 Å². The van der Waals surface area contributed by atoms with Crippen LogP contribution in [-0.4, -0.2) is 74.4 Å². The fourth-order valence-electron chi connectivity index (χ4n) is 4.73. The van der Waals surface area contributed by atoms with Gasteiger partial charge in [-0.15, -0.1) is 0 Å². The van der Waals surface area contributed by atoms with Gasteiger partial charge in [0.25, 0.3) is 0 Å². The van der Waals surface area contributed by atoms with Crippen molar-refractivity contribution in [2.24, 2.45) is 9.98 Å². The molecule has 0 spiro atoms. The van der Waals surface area contributed by atoms with Gasteiger partial charge >= 0.3 is 0 Å². The van der Waals surface area contributed by atoms with E-state index in [0.29, 0.717) is 29.7 Å². The second kappa shape index (κ2) is 11.2. The summed E-state index contributed by atoms with van der Waals surface area (Å²) >= 11 is 0. The number of hydrogen-bond donors (Lipinski definition) is 3. The van der Waals surface area contributed by atoms with Gasteiger partial charge < -0.3 is 25.2 Å². The second-order valence-corrected chi connectivity index (χ2v) is 9.42. The molecular weight excluding hydrogens is 421 g/mol. The number of aliphatic imine (C=N–C) groups is 2. The second-order valence-electron chi connectivity index (χ2n) is 9.42. The van der Waals surface area contributed by atoms with Gasteiger partial charge in [0.2, 0.25) is 11.9 Å². The van der Waals surface area contributed by atoms with Gasteiger partial charge in [-0.2, -0.15) is 4.99 Å². The lowest BCUT2D eigenvalue weighted by Crippen LogP contribution is -2.56. The monoisotopic (exact) mass is 459 g/mol. The van der Waals surface area contributed by atoms with Gasteiger partial charge in [-0.25, -0.2) is 9.38 Å². The molecule has 9 heteroatoms. The molecule has 2 aliphatic heterocycles. The molecule has 0 aromatic heterocycles. The van der Waals surface area contributed by atoms with E-state index in [1.165, 1.54) is 38.9 Å². The summed E-state index contributed by atoms with van der Waals surface area (Å²) in [6, 6.07) is 5.63. The lowest BCUT2D eigenvalue weighted by molar-refractivity contribution is 0.195. The van der Waals surface area contributed by atoms with Crippen LogP contribution < -0.4 is 20.7 Å². The third-order valence-corrected chi connectivity index (χ3v) is 6.86. The Bertz CT molecular complexity index is 845. The number of piperidine rings is 1. The highest BCUT2D eigenvalue weighted by atomic mass is 19.1. The largest absolute Gasteiger partial charge is 0.494 e. The van der Waals surface area contributed by atoms with Crippen LogP contribution in [0.15, 0.2) is 28.2 Å². The van der Waals surface area contributed by atoms with E-state index >= 15 is 0 Å². The summed E-state index contributed by atoms with van der Waals surface area (Å²) in [6.45, 7) is 2.16. The number of halogens is 1. The summed E-state index contributed by atoms with van der Waals surface area (Å²) in [5.74, 6) is 1.09. The smallest absolute Gasteiger partial charge is 0.224 e. The molecule has 0 bridgehead atoms. The summed E-state index contributed by atoms with van der Waals surface area (Å²) in [5, 5.41) is 10.6. The molecule has 1 aromatic carbocycles. The zero-order valence-corrected chi connectivity index (χ0v) is 20.1. The van der Waals surface area contributed by atoms with Crippen molar-refractivity contribution in [2.45, 2.75) is 69.7 Å². The van der Waals surface area contributed by atoms with Crippen molar-refractivity contribution in [1.29, 1.82) is 0 Å². The summed E-state index contributed by atoms with van der Waals surface area (Å²) in [6.07, 6.45) is 9.29. The van der Waals surface area contributed by atoms with E-state index in [-0.39, 0.29) is 12.0 Å². The predicted molar refractivity (Wildman–Crippen MR) is 131 cm³/mol.